The molecular weight excluding hydrogens is 300 g/mol. The van der Waals surface area contributed by atoms with Gasteiger partial charge in [0, 0.05) is 31.4 Å². The number of ether oxygens (including phenoxy) is 1. The third-order valence-corrected chi connectivity index (χ3v) is 4.10. The number of anilines is 1. The number of nitrogens with one attached hydrogen (secondary N) is 1. The van der Waals surface area contributed by atoms with Gasteiger partial charge in [-0.25, -0.2) is 0 Å². The Balaban J connectivity index is 2.58. The van der Waals surface area contributed by atoms with E-state index in [1.165, 1.54) is 0 Å². The predicted molar refractivity (Wildman–Crippen MR) is 102 cm³/mol. The monoisotopic (exact) mass is 332 g/mol. The maximum Gasteiger partial charge on any atom is 0.120 e. The van der Waals surface area contributed by atoms with Gasteiger partial charge in [0.05, 0.1) is 13.2 Å². The number of nitrogens with zero attached hydrogens (tertiary/aromatic N) is 3. The van der Waals surface area contributed by atoms with Crippen molar-refractivity contribution < 1.29 is 4.74 Å². The minimum Gasteiger partial charge on any atom is -0.497 e. The van der Waals surface area contributed by atoms with E-state index in [-0.39, 0.29) is 12.1 Å². The lowest BCUT2D eigenvalue weighted by Gasteiger charge is -2.22. The summed E-state index contributed by atoms with van der Waals surface area (Å²) in [7, 11) is 3.63. The van der Waals surface area contributed by atoms with E-state index in [4.69, 9.17) is 4.74 Å². The van der Waals surface area contributed by atoms with Crippen LogP contribution in [0.3, 0.4) is 0 Å². The first-order valence-electron chi connectivity index (χ1n) is 8.51. The summed E-state index contributed by atoms with van der Waals surface area (Å²) in [6.07, 6.45) is 0.901. The quantitative estimate of drug-likeness (QED) is 0.381. The van der Waals surface area contributed by atoms with Crippen LogP contribution in [0.1, 0.15) is 34.1 Å². The molecule has 0 saturated heterocycles. The van der Waals surface area contributed by atoms with Crippen molar-refractivity contribution in [1.29, 1.82) is 0 Å². The summed E-state index contributed by atoms with van der Waals surface area (Å²) in [5, 5.41) is 14.0. The molecule has 0 aromatic heterocycles. The Hall–Kier alpha value is -2.04. The van der Waals surface area contributed by atoms with E-state index >= 15 is 0 Å². The lowest BCUT2D eigenvalue weighted by atomic mass is 10.1. The fraction of sp³-hybridized carbons (Fsp3) is 0.579. The molecule has 2 atom stereocenters. The fourth-order valence-corrected chi connectivity index (χ4v) is 2.02. The summed E-state index contributed by atoms with van der Waals surface area (Å²) in [6, 6.07) is 8.35. The summed E-state index contributed by atoms with van der Waals surface area (Å²) < 4.78 is 5.27. The highest BCUT2D eigenvalue weighted by Gasteiger charge is 2.11. The van der Waals surface area contributed by atoms with Gasteiger partial charge in [-0.05, 0) is 38.3 Å². The SMILES string of the molecule is C=C(C)C(CCN(C)/N=N\[C@@H](C)C(C)C)Nc1cccc(OC)c1. The molecule has 5 heteroatoms. The Morgan fingerprint density at radius 2 is 2.04 bits per heavy atom. The van der Waals surface area contributed by atoms with Gasteiger partial charge in [0.1, 0.15) is 5.75 Å². The van der Waals surface area contributed by atoms with E-state index in [1.54, 1.807) is 7.11 Å². The Morgan fingerprint density at radius 1 is 1.33 bits per heavy atom. The predicted octanol–water partition coefficient (Wildman–Crippen LogP) is 4.79. The molecule has 0 aliphatic carbocycles. The van der Waals surface area contributed by atoms with Crippen LogP contribution in [0.2, 0.25) is 0 Å². The van der Waals surface area contributed by atoms with Gasteiger partial charge in [-0.2, -0.15) is 5.11 Å². The smallest absolute Gasteiger partial charge is 0.120 e. The second kappa shape index (κ2) is 9.96. The summed E-state index contributed by atoms with van der Waals surface area (Å²) in [6.45, 7) is 13.3. The minimum atomic E-state index is 0.178. The highest BCUT2D eigenvalue weighted by Crippen LogP contribution is 2.20. The number of hydrogen-bond donors (Lipinski definition) is 1. The van der Waals surface area contributed by atoms with Gasteiger partial charge < -0.3 is 10.1 Å². The van der Waals surface area contributed by atoms with Crippen molar-refractivity contribution in [1.82, 2.24) is 5.01 Å². The topological polar surface area (TPSA) is 49.2 Å². The van der Waals surface area contributed by atoms with E-state index in [9.17, 15) is 0 Å². The van der Waals surface area contributed by atoms with Gasteiger partial charge in [-0.15, -0.1) is 0 Å². The number of methoxy groups -OCH3 is 1. The Labute approximate surface area is 146 Å². The Kier molecular flexibility index (Phi) is 8.30. The zero-order chi connectivity index (χ0) is 18.1. The second-order valence-corrected chi connectivity index (χ2v) is 6.63. The van der Waals surface area contributed by atoms with Gasteiger partial charge in [-0.1, -0.05) is 37.3 Å². The maximum absolute atomic E-state index is 5.27. The minimum absolute atomic E-state index is 0.178. The molecule has 0 saturated carbocycles. The third kappa shape index (κ3) is 7.02. The highest BCUT2D eigenvalue weighted by molar-refractivity contribution is 5.50. The lowest BCUT2D eigenvalue weighted by molar-refractivity contribution is 0.304. The molecule has 1 N–H and O–H groups in total. The van der Waals surface area contributed by atoms with Gasteiger partial charge in [-0.3, -0.25) is 5.01 Å². The van der Waals surface area contributed by atoms with Crippen molar-refractivity contribution in [3.8, 4) is 5.75 Å². The van der Waals surface area contributed by atoms with Crippen LogP contribution in [0.5, 0.6) is 5.75 Å². The molecule has 0 bridgehead atoms. The molecule has 0 aliphatic rings. The van der Waals surface area contributed by atoms with E-state index in [2.05, 4.69) is 43.0 Å². The third-order valence-electron chi connectivity index (χ3n) is 4.10. The molecule has 1 aromatic rings. The average molecular weight is 332 g/mol. The summed E-state index contributed by atoms with van der Waals surface area (Å²) in [5.41, 5.74) is 2.12. The van der Waals surface area contributed by atoms with Crippen LogP contribution in [0.15, 0.2) is 46.8 Å². The standard InChI is InChI=1S/C19H32N4O/c1-14(2)16(5)21-22-23(6)12-11-19(15(3)4)20-17-9-8-10-18(13-17)24-7/h8-10,13-14,16,19-20H,3,11-12H2,1-2,4-7H3/b22-21-/t16-,19?/m0/s1. The normalized spacial score (nSPS) is 13.8. The van der Waals surface area contributed by atoms with Crippen molar-refractivity contribution in [3.63, 3.8) is 0 Å². The van der Waals surface area contributed by atoms with Crippen molar-refractivity contribution in [2.45, 2.75) is 46.2 Å². The molecule has 5 nitrogen and oxygen atoms in total. The molecule has 0 radical (unpaired) electrons. The summed E-state index contributed by atoms with van der Waals surface area (Å²) >= 11 is 0. The van der Waals surface area contributed by atoms with Crippen molar-refractivity contribution in [2.75, 3.05) is 26.0 Å². The molecule has 0 aliphatic heterocycles. The molecule has 0 heterocycles. The molecule has 1 rings (SSSR count). The first kappa shape index (κ1) is 20.0. The zero-order valence-electron chi connectivity index (χ0n) is 15.9. The van der Waals surface area contributed by atoms with Gasteiger partial charge in [0.25, 0.3) is 0 Å². The largest absolute Gasteiger partial charge is 0.497 e. The van der Waals surface area contributed by atoms with Gasteiger partial charge >= 0.3 is 0 Å². The van der Waals surface area contributed by atoms with E-state index < -0.39 is 0 Å². The molecule has 0 fully saturated rings. The Morgan fingerprint density at radius 3 is 2.62 bits per heavy atom. The van der Waals surface area contributed by atoms with Gasteiger partial charge in [0.15, 0.2) is 0 Å². The second-order valence-electron chi connectivity index (χ2n) is 6.63. The zero-order valence-corrected chi connectivity index (χ0v) is 15.9. The average Bonchev–Trinajstić information content (AvgIpc) is 2.56. The van der Waals surface area contributed by atoms with Crippen LogP contribution in [-0.2, 0) is 0 Å². The molecule has 0 amide bonds. The molecule has 24 heavy (non-hydrogen) atoms. The maximum atomic E-state index is 5.27. The van der Waals surface area contributed by atoms with Crippen LogP contribution in [0, 0.1) is 5.92 Å². The van der Waals surface area contributed by atoms with Gasteiger partial charge in [0.2, 0.25) is 0 Å². The van der Waals surface area contributed by atoms with Crippen molar-refractivity contribution >= 4 is 5.69 Å². The van der Waals surface area contributed by atoms with E-state index in [0.29, 0.717) is 5.92 Å². The van der Waals surface area contributed by atoms with Crippen LogP contribution in [0.4, 0.5) is 5.69 Å². The van der Waals surface area contributed by atoms with Crippen LogP contribution in [0.25, 0.3) is 0 Å². The molecule has 134 valence electrons. The summed E-state index contributed by atoms with van der Waals surface area (Å²) in [4.78, 5) is 0. The van der Waals surface area contributed by atoms with Crippen LogP contribution in [-0.4, -0.2) is 37.8 Å². The fourth-order valence-electron chi connectivity index (χ4n) is 2.02. The molecular formula is C19H32N4O. The Bertz CT molecular complexity index is 542. The summed E-state index contributed by atoms with van der Waals surface area (Å²) in [5.74, 6) is 1.34. The highest BCUT2D eigenvalue weighted by atomic mass is 16.5. The first-order chi connectivity index (χ1) is 11.3. The van der Waals surface area contributed by atoms with E-state index in [0.717, 1.165) is 30.0 Å². The molecule has 1 aromatic carbocycles. The van der Waals surface area contributed by atoms with Crippen molar-refractivity contribution in [3.05, 3.63) is 36.4 Å². The number of rotatable bonds is 10. The number of hydrogen-bond acceptors (Lipinski definition) is 4. The van der Waals surface area contributed by atoms with Crippen LogP contribution < -0.4 is 10.1 Å². The van der Waals surface area contributed by atoms with Crippen LogP contribution >= 0.6 is 0 Å². The first-order valence-corrected chi connectivity index (χ1v) is 8.51. The molecule has 1 unspecified atom stereocenters. The lowest BCUT2D eigenvalue weighted by Crippen LogP contribution is -2.26. The van der Waals surface area contributed by atoms with E-state index in [1.807, 2.05) is 43.2 Å². The number of benzene rings is 1. The van der Waals surface area contributed by atoms with Crippen molar-refractivity contribution in [2.24, 2.45) is 16.3 Å². The molecule has 0 spiro atoms.